The molecule has 1 aromatic heterocycles. The predicted octanol–water partition coefficient (Wildman–Crippen LogP) is 2.87. The van der Waals surface area contributed by atoms with Gasteiger partial charge in [0.15, 0.2) is 0 Å². The highest BCUT2D eigenvalue weighted by atomic mass is 35.5. The van der Waals surface area contributed by atoms with Crippen LogP contribution < -0.4 is 10.6 Å². The number of nitrogens with one attached hydrogen (secondary N) is 2. The maximum absolute atomic E-state index is 12.7. The summed E-state index contributed by atoms with van der Waals surface area (Å²) in [6, 6.07) is 13.4. The fourth-order valence-electron chi connectivity index (χ4n) is 2.97. The topological polar surface area (TPSA) is 107 Å². The summed E-state index contributed by atoms with van der Waals surface area (Å²) in [7, 11) is 0. The molecule has 3 aromatic rings. The second-order valence-electron chi connectivity index (χ2n) is 6.84. The third-order valence-corrected chi connectivity index (χ3v) is 4.89. The zero-order valence-corrected chi connectivity index (χ0v) is 17.2. The van der Waals surface area contributed by atoms with E-state index in [2.05, 4.69) is 20.6 Å². The van der Waals surface area contributed by atoms with Gasteiger partial charge in [0, 0.05) is 12.1 Å². The SMILES string of the molecule is Cc1ccc(C(=O)N[C@@H](CO)[C@@H](O)c2ccccc2)cc1CNc1cncc(Cl)n1. The lowest BCUT2D eigenvalue weighted by molar-refractivity contribution is 0.0703. The zero-order chi connectivity index (χ0) is 21.5. The van der Waals surface area contributed by atoms with Crippen molar-refractivity contribution in [3.8, 4) is 0 Å². The van der Waals surface area contributed by atoms with E-state index in [1.807, 2.05) is 19.1 Å². The van der Waals surface area contributed by atoms with Gasteiger partial charge in [-0.2, -0.15) is 0 Å². The Labute approximate surface area is 179 Å². The third kappa shape index (κ3) is 5.54. The van der Waals surface area contributed by atoms with Gasteiger partial charge in [-0.15, -0.1) is 0 Å². The van der Waals surface area contributed by atoms with Crippen LogP contribution >= 0.6 is 11.6 Å². The number of anilines is 1. The molecule has 0 saturated heterocycles. The molecule has 0 unspecified atom stereocenters. The van der Waals surface area contributed by atoms with Crippen LogP contribution in [0.25, 0.3) is 0 Å². The molecule has 7 nitrogen and oxygen atoms in total. The molecule has 1 amide bonds. The van der Waals surface area contributed by atoms with Crippen LogP contribution in [0, 0.1) is 6.92 Å². The van der Waals surface area contributed by atoms with E-state index < -0.39 is 18.8 Å². The van der Waals surface area contributed by atoms with E-state index in [4.69, 9.17) is 11.6 Å². The summed E-state index contributed by atoms with van der Waals surface area (Å²) in [5.74, 6) is 0.149. The van der Waals surface area contributed by atoms with Gasteiger partial charge in [0.05, 0.1) is 25.0 Å². The van der Waals surface area contributed by atoms with Gasteiger partial charge in [-0.1, -0.05) is 48.0 Å². The summed E-state index contributed by atoms with van der Waals surface area (Å²) < 4.78 is 0. The second-order valence-corrected chi connectivity index (χ2v) is 7.23. The number of aromatic nitrogens is 2. The molecule has 2 atom stereocenters. The lowest BCUT2D eigenvalue weighted by Crippen LogP contribution is -2.42. The normalized spacial score (nSPS) is 12.8. The first-order chi connectivity index (χ1) is 14.5. The standard InChI is InChI=1S/C22H23ClN4O3/c1-14-7-8-16(9-17(14)10-25-20-12-24-11-19(23)27-20)22(30)26-18(13-28)21(29)15-5-3-2-4-6-15/h2-9,11-12,18,21,28-29H,10,13H2,1H3,(H,25,27)(H,26,30)/t18-,21-/m0/s1. The van der Waals surface area contributed by atoms with Gasteiger partial charge in [0.2, 0.25) is 0 Å². The van der Waals surface area contributed by atoms with Crippen LogP contribution in [0.3, 0.4) is 0 Å². The zero-order valence-electron chi connectivity index (χ0n) is 16.4. The molecule has 0 saturated carbocycles. The molecular formula is C22H23ClN4O3. The lowest BCUT2D eigenvalue weighted by Gasteiger charge is -2.23. The Morgan fingerprint density at radius 1 is 1.17 bits per heavy atom. The molecule has 156 valence electrons. The van der Waals surface area contributed by atoms with Gasteiger partial charge in [0.25, 0.3) is 5.91 Å². The average molecular weight is 427 g/mol. The minimum Gasteiger partial charge on any atom is -0.394 e. The van der Waals surface area contributed by atoms with Crippen molar-refractivity contribution >= 4 is 23.3 Å². The van der Waals surface area contributed by atoms with Crippen molar-refractivity contribution in [1.82, 2.24) is 15.3 Å². The minimum absolute atomic E-state index is 0.289. The number of aryl methyl sites for hydroxylation is 1. The van der Waals surface area contributed by atoms with E-state index in [9.17, 15) is 15.0 Å². The molecule has 3 rings (SSSR count). The van der Waals surface area contributed by atoms with Crippen LogP contribution in [0.1, 0.15) is 33.2 Å². The molecule has 0 aliphatic heterocycles. The van der Waals surface area contributed by atoms with Crippen molar-refractivity contribution < 1.29 is 15.0 Å². The number of carbonyl (C=O) groups excluding carboxylic acids is 1. The third-order valence-electron chi connectivity index (χ3n) is 4.71. The number of benzene rings is 2. The predicted molar refractivity (Wildman–Crippen MR) is 115 cm³/mol. The molecule has 2 aromatic carbocycles. The summed E-state index contributed by atoms with van der Waals surface area (Å²) in [5.41, 5.74) is 2.94. The van der Waals surface area contributed by atoms with Gasteiger partial charge in [-0.05, 0) is 35.7 Å². The summed E-state index contributed by atoms with van der Waals surface area (Å²) >= 11 is 5.85. The summed E-state index contributed by atoms with van der Waals surface area (Å²) in [4.78, 5) is 20.8. The fourth-order valence-corrected chi connectivity index (χ4v) is 3.12. The minimum atomic E-state index is -1.02. The number of nitrogens with zero attached hydrogens (tertiary/aromatic N) is 2. The average Bonchev–Trinajstić information content (AvgIpc) is 2.77. The highest BCUT2D eigenvalue weighted by Crippen LogP contribution is 2.18. The molecule has 30 heavy (non-hydrogen) atoms. The van der Waals surface area contributed by atoms with Crippen LogP contribution in [0.15, 0.2) is 60.9 Å². The van der Waals surface area contributed by atoms with Crippen LogP contribution in [0.2, 0.25) is 5.15 Å². The number of aliphatic hydroxyl groups is 2. The first-order valence-electron chi connectivity index (χ1n) is 9.43. The monoisotopic (exact) mass is 426 g/mol. The van der Waals surface area contributed by atoms with E-state index >= 15 is 0 Å². The van der Waals surface area contributed by atoms with Crippen LogP contribution in [0.4, 0.5) is 5.82 Å². The molecule has 0 aliphatic carbocycles. The highest BCUT2D eigenvalue weighted by Gasteiger charge is 2.22. The Bertz CT molecular complexity index is 1000. The summed E-state index contributed by atoms with van der Waals surface area (Å²) in [6.45, 7) is 1.98. The molecule has 8 heteroatoms. The molecule has 0 bridgehead atoms. The lowest BCUT2D eigenvalue weighted by atomic mass is 10.0. The van der Waals surface area contributed by atoms with Gasteiger partial charge in [-0.25, -0.2) is 4.98 Å². The van der Waals surface area contributed by atoms with Crippen molar-refractivity contribution in [2.24, 2.45) is 0 Å². The molecule has 1 heterocycles. The molecule has 0 fully saturated rings. The molecule has 0 radical (unpaired) electrons. The highest BCUT2D eigenvalue weighted by molar-refractivity contribution is 6.29. The molecule has 0 spiro atoms. The molecule has 0 aliphatic rings. The Hall–Kier alpha value is -3.00. The second kappa shape index (κ2) is 10.2. The number of carbonyl (C=O) groups is 1. The number of hydrogen-bond donors (Lipinski definition) is 4. The van der Waals surface area contributed by atoms with Crippen molar-refractivity contribution in [3.63, 3.8) is 0 Å². The summed E-state index contributed by atoms with van der Waals surface area (Å²) in [6.07, 6.45) is 1.99. The smallest absolute Gasteiger partial charge is 0.251 e. The van der Waals surface area contributed by atoms with E-state index in [0.29, 0.717) is 23.5 Å². The Morgan fingerprint density at radius 3 is 2.63 bits per heavy atom. The largest absolute Gasteiger partial charge is 0.394 e. The van der Waals surface area contributed by atoms with Crippen LogP contribution in [-0.4, -0.2) is 38.7 Å². The fraction of sp³-hybridized carbons (Fsp3) is 0.227. The van der Waals surface area contributed by atoms with E-state index in [1.54, 1.807) is 42.6 Å². The maximum atomic E-state index is 12.7. The number of amides is 1. The van der Waals surface area contributed by atoms with E-state index in [0.717, 1.165) is 11.1 Å². The number of halogens is 1. The van der Waals surface area contributed by atoms with Crippen LogP contribution in [-0.2, 0) is 6.54 Å². The van der Waals surface area contributed by atoms with Gasteiger partial charge < -0.3 is 20.8 Å². The van der Waals surface area contributed by atoms with Crippen molar-refractivity contribution in [2.45, 2.75) is 25.6 Å². The van der Waals surface area contributed by atoms with Crippen molar-refractivity contribution in [1.29, 1.82) is 0 Å². The van der Waals surface area contributed by atoms with E-state index in [-0.39, 0.29) is 11.1 Å². The first kappa shape index (κ1) is 21.7. The summed E-state index contributed by atoms with van der Waals surface area (Å²) in [5, 5.41) is 26.3. The number of rotatable bonds is 8. The Balaban J connectivity index is 1.70. The Kier molecular flexibility index (Phi) is 7.35. The van der Waals surface area contributed by atoms with E-state index in [1.165, 1.54) is 6.20 Å². The van der Waals surface area contributed by atoms with Gasteiger partial charge in [-0.3, -0.25) is 9.78 Å². The molecular weight excluding hydrogens is 404 g/mol. The Morgan fingerprint density at radius 2 is 1.93 bits per heavy atom. The molecule has 4 N–H and O–H groups in total. The van der Waals surface area contributed by atoms with Crippen LogP contribution in [0.5, 0.6) is 0 Å². The van der Waals surface area contributed by atoms with Gasteiger partial charge >= 0.3 is 0 Å². The van der Waals surface area contributed by atoms with Gasteiger partial charge in [0.1, 0.15) is 17.1 Å². The number of aliphatic hydroxyl groups excluding tert-OH is 2. The maximum Gasteiger partial charge on any atom is 0.251 e. The van der Waals surface area contributed by atoms with Crippen molar-refractivity contribution in [2.75, 3.05) is 11.9 Å². The quantitative estimate of drug-likeness (QED) is 0.441. The first-order valence-corrected chi connectivity index (χ1v) is 9.81. The number of hydrogen-bond acceptors (Lipinski definition) is 6. The van der Waals surface area contributed by atoms with Crippen molar-refractivity contribution in [3.05, 3.63) is 88.3 Å².